The summed E-state index contributed by atoms with van der Waals surface area (Å²) in [5.41, 5.74) is 4.29. The number of nitrogens with zero attached hydrogens (tertiary/aromatic N) is 4. The topological polar surface area (TPSA) is 53.7 Å². The van der Waals surface area contributed by atoms with E-state index < -0.39 is 0 Å². The molecule has 0 radical (unpaired) electrons. The highest BCUT2D eigenvalue weighted by atomic mass is 16.3. The van der Waals surface area contributed by atoms with Gasteiger partial charge in [0.1, 0.15) is 0 Å². The molecule has 0 amide bonds. The van der Waals surface area contributed by atoms with Crippen LogP contribution < -0.4 is 0 Å². The Labute approximate surface area is 128 Å². The molecule has 1 aromatic carbocycles. The number of aliphatic hydroxyl groups excluding tert-OH is 1. The third-order valence-electron chi connectivity index (χ3n) is 4.31. The van der Waals surface area contributed by atoms with Gasteiger partial charge >= 0.3 is 0 Å². The van der Waals surface area contributed by atoms with Gasteiger partial charge in [0.05, 0.1) is 24.2 Å². The number of hydrogen-bond acceptors (Lipinski definition) is 4. The first-order valence-corrected chi connectivity index (χ1v) is 7.55. The summed E-state index contributed by atoms with van der Waals surface area (Å²) in [7, 11) is 0. The lowest BCUT2D eigenvalue weighted by atomic mass is 10.0. The SMILES string of the molecule is OC1CCN(Cc2cnc3cnccn23)Cc2ccccc21. The first-order valence-electron chi connectivity index (χ1n) is 7.55. The van der Waals surface area contributed by atoms with Gasteiger partial charge in [-0.05, 0) is 17.5 Å². The Kier molecular flexibility index (Phi) is 3.36. The Bertz CT molecular complexity index is 798. The molecule has 112 valence electrons. The van der Waals surface area contributed by atoms with Crippen molar-refractivity contribution in [1.82, 2.24) is 19.3 Å². The lowest BCUT2D eigenvalue weighted by Crippen LogP contribution is -2.23. The summed E-state index contributed by atoms with van der Waals surface area (Å²) in [5.74, 6) is 0. The van der Waals surface area contributed by atoms with E-state index in [0.717, 1.165) is 43.0 Å². The van der Waals surface area contributed by atoms with Crippen LogP contribution in [0.25, 0.3) is 5.65 Å². The van der Waals surface area contributed by atoms with Gasteiger partial charge in [-0.1, -0.05) is 24.3 Å². The maximum atomic E-state index is 10.3. The van der Waals surface area contributed by atoms with Crippen LogP contribution in [0.3, 0.4) is 0 Å². The summed E-state index contributed by atoms with van der Waals surface area (Å²) in [5, 5.41) is 10.3. The van der Waals surface area contributed by atoms with Crippen molar-refractivity contribution in [1.29, 1.82) is 0 Å². The van der Waals surface area contributed by atoms with Crippen molar-refractivity contribution in [3.05, 3.63) is 65.9 Å². The fraction of sp³-hybridized carbons (Fsp3) is 0.294. The van der Waals surface area contributed by atoms with E-state index in [1.807, 2.05) is 30.6 Å². The van der Waals surface area contributed by atoms with E-state index in [9.17, 15) is 5.11 Å². The van der Waals surface area contributed by atoms with Gasteiger partial charge in [0.2, 0.25) is 0 Å². The third kappa shape index (κ3) is 2.38. The minimum Gasteiger partial charge on any atom is -0.388 e. The molecule has 1 atom stereocenters. The van der Waals surface area contributed by atoms with Crippen LogP contribution in [0.2, 0.25) is 0 Å². The molecule has 1 N–H and O–H groups in total. The highest BCUT2D eigenvalue weighted by molar-refractivity contribution is 5.37. The molecule has 0 saturated heterocycles. The molecule has 5 heteroatoms. The number of imidazole rings is 1. The lowest BCUT2D eigenvalue weighted by molar-refractivity contribution is 0.149. The van der Waals surface area contributed by atoms with Crippen LogP contribution in [0.1, 0.15) is 29.3 Å². The fourth-order valence-corrected chi connectivity index (χ4v) is 3.16. The standard InChI is InChI=1S/C17H18N4O/c22-16-5-7-20(11-13-3-1-2-4-15(13)16)12-14-9-19-17-10-18-6-8-21(14)17/h1-4,6,8-10,16,22H,5,7,11-12H2. The smallest absolute Gasteiger partial charge is 0.155 e. The van der Waals surface area contributed by atoms with Crippen LogP contribution in [0, 0.1) is 0 Å². The van der Waals surface area contributed by atoms with Crippen LogP contribution in [-0.4, -0.2) is 30.9 Å². The molecule has 1 unspecified atom stereocenters. The Balaban J connectivity index is 1.61. The average Bonchev–Trinajstić information content (AvgIpc) is 2.88. The predicted octanol–water partition coefficient (Wildman–Crippen LogP) is 2.17. The Morgan fingerprint density at radius 2 is 2.14 bits per heavy atom. The molecule has 3 heterocycles. The summed E-state index contributed by atoms with van der Waals surface area (Å²) in [6, 6.07) is 8.17. The normalized spacial score (nSPS) is 19.0. The highest BCUT2D eigenvalue weighted by Crippen LogP contribution is 2.27. The van der Waals surface area contributed by atoms with Crippen LogP contribution >= 0.6 is 0 Å². The van der Waals surface area contributed by atoms with Gasteiger partial charge in [-0.25, -0.2) is 4.98 Å². The number of rotatable bonds is 2. The van der Waals surface area contributed by atoms with Crippen molar-refractivity contribution in [3.8, 4) is 0 Å². The largest absolute Gasteiger partial charge is 0.388 e. The van der Waals surface area contributed by atoms with Gasteiger partial charge in [0, 0.05) is 32.0 Å². The molecule has 22 heavy (non-hydrogen) atoms. The molecule has 3 aromatic rings. The monoisotopic (exact) mass is 294 g/mol. The molecule has 2 aromatic heterocycles. The second kappa shape index (κ2) is 5.51. The molecule has 0 spiro atoms. The van der Waals surface area contributed by atoms with Gasteiger partial charge in [-0.3, -0.25) is 14.3 Å². The van der Waals surface area contributed by atoms with Crippen LogP contribution in [-0.2, 0) is 13.1 Å². The molecule has 0 bridgehead atoms. The average molecular weight is 294 g/mol. The summed E-state index contributed by atoms with van der Waals surface area (Å²) in [6.45, 7) is 2.53. The number of fused-ring (bicyclic) bond motifs is 2. The number of aliphatic hydroxyl groups is 1. The maximum Gasteiger partial charge on any atom is 0.155 e. The zero-order valence-corrected chi connectivity index (χ0v) is 12.3. The van der Waals surface area contributed by atoms with Gasteiger partial charge in [0.25, 0.3) is 0 Å². The summed E-state index contributed by atoms with van der Waals surface area (Å²) in [4.78, 5) is 10.8. The zero-order chi connectivity index (χ0) is 14.9. The maximum absolute atomic E-state index is 10.3. The molecule has 1 aliphatic rings. The number of aromatic nitrogens is 3. The van der Waals surface area contributed by atoms with E-state index in [1.165, 1.54) is 5.56 Å². The van der Waals surface area contributed by atoms with Gasteiger partial charge in [-0.15, -0.1) is 0 Å². The van der Waals surface area contributed by atoms with Crippen molar-refractivity contribution in [2.45, 2.75) is 25.6 Å². The molecule has 0 aliphatic carbocycles. The second-order valence-corrected chi connectivity index (χ2v) is 5.77. The molecule has 5 nitrogen and oxygen atoms in total. The fourth-order valence-electron chi connectivity index (χ4n) is 3.16. The second-order valence-electron chi connectivity index (χ2n) is 5.77. The van der Waals surface area contributed by atoms with Gasteiger partial charge < -0.3 is 5.11 Å². The molecular weight excluding hydrogens is 276 g/mol. The van der Waals surface area contributed by atoms with Gasteiger partial charge in [0.15, 0.2) is 5.65 Å². The van der Waals surface area contributed by atoms with Crippen molar-refractivity contribution >= 4 is 5.65 Å². The minimum atomic E-state index is -0.368. The Morgan fingerprint density at radius 1 is 1.23 bits per heavy atom. The first kappa shape index (κ1) is 13.4. The third-order valence-corrected chi connectivity index (χ3v) is 4.31. The number of hydrogen-bond donors (Lipinski definition) is 1. The van der Waals surface area contributed by atoms with Crippen LogP contribution in [0.4, 0.5) is 0 Å². The molecule has 0 fully saturated rings. The number of benzene rings is 1. The predicted molar refractivity (Wildman–Crippen MR) is 83.1 cm³/mol. The molecule has 4 rings (SSSR count). The molecular formula is C17H18N4O. The van der Waals surface area contributed by atoms with Gasteiger partial charge in [-0.2, -0.15) is 0 Å². The van der Waals surface area contributed by atoms with Crippen molar-refractivity contribution < 1.29 is 5.11 Å². The summed E-state index contributed by atoms with van der Waals surface area (Å²) >= 11 is 0. The first-order chi connectivity index (χ1) is 10.8. The van der Waals surface area contributed by atoms with E-state index in [2.05, 4.69) is 25.3 Å². The molecule has 1 aliphatic heterocycles. The van der Waals surface area contributed by atoms with Crippen LogP contribution in [0.15, 0.2) is 49.1 Å². The van der Waals surface area contributed by atoms with Crippen LogP contribution in [0.5, 0.6) is 0 Å². The van der Waals surface area contributed by atoms with Crippen molar-refractivity contribution in [2.24, 2.45) is 0 Å². The Hall–Kier alpha value is -2.24. The summed E-state index contributed by atoms with van der Waals surface area (Å²) in [6.07, 6.45) is 7.79. The Morgan fingerprint density at radius 3 is 3.09 bits per heavy atom. The van der Waals surface area contributed by atoms with E-state index in [4.69, 9.17) is 0 Å². The summed E-state index contributed by atoms with van der Waals surface area (Å²) < 4.78 is 2.07. The van der Waals surface area contributed by atoms with Crippen molar-refractivity contribution in [2.75, 3.05) is 6.54 Å². The van der Waals surface area contributed by atoms with E-state index in [-0.39, 0.29) is 6.10 Å². The van der Waals surface area contributed by atoms with E-state index in [0.29, 0.717) is 0 Å². The molecule has 0 saturated carbocycles. The quantitative estimate of drug-likeness (QED) is 0.787. The highest BCUT2D eigenvalue weighted by Gasteiger charge is 2.21. The zero-order valence-electron chi connectivity index (χ0n) is 12.3. The van der Waals surface area contributed by atoms with E-state index >= 15 is 0 Å². The van der Waals surface area contributed by atoms with E-state index in [1.54, 1.807) is 12.4 Å². The lowest BCUT2D eigenvalue weighted by Gasteiger charge is -2.20. The van der Waals surface area contributed by atoms with Crippen molar-refractivity contribution in [3.63, 3.8) is 0 Å². The minimum absolute atomic E-state index is 0.368.